The van der Waals surface area contributed by atoms with Gasteiger partial charge in [0.2, 0.25) is 0 Å². The van der Waals surface area contributed by atoms with Crippen LogP contribution in [0, 0.1) is 19.8 Å². The van der Waals surface area contributed by atoms with Crippen LogP contribution >= 0.6 is 0 Å². The highest BCUT2D eigenvalue weighted by molar-refractivity contribution is 5.70. The smallest absolute Gasteiger partial charge is 0.307 e. The van der Waals surface area contributed by atoms with Crippen LogP contribution in [0.25, 0.3) is 0 Å². The molecule has 0 saturated heterocycles. The molecule has 0 atom stereocenters. The number of aliphatic carboxylic acids is 1. The predicted octanol–water partition coefficient (Wildman–Crippen LogP) is 2.31. The van der Waals surface area contributed by atoms with Gasteiger partial charge in [-0.1, -0.05) is 13.8 Å². The quantitative estimate of drug-likeness (QED) is 0.852. The number of aryl methyl sites for hydroxylation is 3. The molecule has 1 heterocycles. The molecule has 1 aromatic heterocycles. The van der Waals surface area contributed by atoms with Crippen molar-refractivity contribution in [1.82, 2.24) is 9.97 Å². The molecule has 0 aliphatic heterocycles. The average Bonchev–Trinajstić information content (AvgIpc) is 2.20. The van der Waals surface area contributed by atoms with Crippen molar-refractivity contribution in [1.29, 1.82) is 0 Å². The Hall–Kier alpha value is -1.45. The highest BCUT2D eigenvalue weighted by atomic mass is 16.4. The van der Waals surface area contributed by atoms with Crippen LogP contribution in [-0.2, 0) is 17.6 Å². The summed E-state index contributed by atoms with van der Waals surface area (Å²) >= 11 is 0. The molecule has 0 aliphatic rings. The van der Waals surface area contributed by atoms with E-state index in [4.69, 9.17) is 5.11 Å². The molecular formula is C13H20N2O2. The maximum atomic E-state index is 10.7. The molecule has 0 saturated carbocycles. The SMILES string of the molecule is Cc1nc(CCC(C)C)nc(C)c1CC(=O)O. The zero-order chi connectivity index (χ0) is 13.0. The van der Waals surface area contributed by atoms with E-state index in [1.165, 1.54) is 0 Å². The Balaban J connectivity index is 2.89. The number of carbonyl (C=O) groups is 1. The van der Waals surface area contributed by atoms with Crippen molar-refractivity contribution >= 4 is 5.97 Å². The van der Waals surface area contributed by atoms with E-state index in [1.807, 2.05) is 13.8 Å². The summed E-state index contributed by atoms with van der Waals surface area (Å²) in [6, 6.07) is 0. The molecule has 94 valence electrons. The number of nitrogens with zero attached hydrogens (tertiary/aromatic N) is 2. The number of carboxylic acid groups (broad SMARTS) is 1. The van der Waals surface area contributed by atoms with Gasteiger partial charge in [-0.2, -0.15) is 0 Å². The van der Waals surface area contributed by atoms with Crippen LogP contribution in [-0.4, -0.2) is 21.0 Å². The van der Waals surface area contributed by atoms with Gasteiger partial charge >= 0.3 is 5.97 Å². The molecule has 0 radical (unpaired) electrons. The lowest BCUT2D eigenvalue weighted by Gasteiger charge is -2.10. The van der Waals surface area contributed by atoms with Gasteiger partial charge in [-0.15, -0.1) is 0 Å². The summed E-state index contributed by atoms with van der Waals surface area (Å²) in [6.45, 7) is 8.04. The van der Waals surface area contributed by atoms with Crippen LogP contribution < -0.4 is 0 Å². The topological polar surface area (TPSA) is 63.1 Å². The molecule has 0 spiro atoms. The van der Waals surface area contributed by atoms with Crippen molar-refractivity contribution in [3.05, 3.63) is 22.8 Å². The molecule has 1 aromatic rings. The van der Waals surface area contributed by atoms with Crippen LogP contribution in [0.2, 0.25) is 0 Å². The minimum atomic E-state index is -0.838. The third-order valence-corrected chi connectivity index (χ3v) is 2.74. The van der Waals surface area contributed by atoms with Crippen molar-refractivity contribution in [2.24, 2.45) is 5.92 Å². The zero-order valence-corrected chi connectivity index (χ0v) is 10.9. The van der Waals surface area contributed by atoms with Crippen molar-refractivity contribution in [2.45, 2.75) is 47.0 Å². The molecular weight excluding hydrogens is 216 g/mol. The third-order valence-electron chi connectivity index (χ3n) is 2.74. The minimum Gasteiger partial charge on any atom is -0.481 e. The van der Waals surface area contributed by atoms with Gasteiger partial charge in [0.25, 0.3) is 0 Å². The average molecular weight is 236 g/mol. The molecule has 0 amide bonds. The largest absolute Gasteiger partial charge is 0.481 e. The zero-order valence-electron chi connectivity index (χ0n) is 10.9. The Kier molecular flexibility index (Phi) is 4.61. The molecule has 1 N–H and O–H groups in total. The summed E-state index contributed by atoms with van der Waals surface area (Å²) in [5, 5.41) is 8.81. The second kappa shape index (κ2) is 5.75. The number of carboxylic acids is 1. The molecule has 0 fully saturated rings. The molecule has 0 bridgehead atoms. The van der Waals surface area contributed by atoms with Gasteiger partial charge in [0, 0.05) is 23.4 Å². The van der Waals surface area contributed by atoms with Crippen LogP contribution in [0.4, 0.5) is 0 Å². The van der Waals surface area contributed by atoms with Gasteiger partial charge in [0.05, 0.1) is 6.42 Å². The highest BCUT2D eigenvalue weighted by Crippen LogP contribution is 2.13. The Bertz CT molecular complexity index is 391. The predicted molar refractivity (Wildman–Crippen MR) is 66.0 cm³/mol. The van der Waals surface area contributed by atoms with E-state index < -0.39 is 5.97 Å². The first kappa shape index (κ1) is 13.6. The van der Waals surface area contributed by atoms with E-state index in [9.17, 15) is 4.79 Å². The third kappa shape index (κ3) is 4.13. The van der Waals surface area contributed by atoms with E-state index in [1.54, 1.807) is 0 Å². The van der Waals surface area contributed by atoms with Crippen molar-refractivity contribution in [2.75, 3.05) is 0 Å². The molecule has 0 unspecified atom stereocenters. The molecule has 4 heteroatoms. The first-order valence-corrected chi connectivity index (χ1v) is 5.95. The number of hydrogen-bond donors (Lipinski definition) is 1. The summed E-state index contributed by atoms with van der Waals surface area (Å²) in [5.74, 6) is 0.607. The number of aromatic nitrogens is 2. The Morgan fingerprint density at radius 3 is 2.18 bits per heavy atom. The van der Waals surface area contributed by atoms with E-state index in [-0.39, 0.29) is 6.42 Å². The van der Waals surface area contributed by atoms with Gasteiger partial charge in [-0.05, 0) is 26.2 Å². The Labute approximate surface area is 102 Å². The van der Waals surface area contributed by atoms with Crippen molar-refractivity contribution < 1.29 is 9.90 Å². The van der Waals surface area contributed by atoms with Crippen LogP contribution in [0.3, 0.4) is 0 Å². The van der Waals surface area contributed by atoms with E-state index in [0.717, 1.165) is 35.6 Å². The lowest BCUT2D eigenvalue weighted by Crippen LogP contribution is -2.10. The van der Waals surface area contributed by atoms with E-state index in [0.29, 0.717) is 5.92 Å². The summed E-state index contributed by atoms with van der Waals surface area (Å²) in [6.07, 6.45) is 1.91. The van der Waals surface area contributed by atoms with Gasteiger partial charge < -0.3 is 5.11 Å². The van der Waals surface area contributed by atoms with Gasteiger partial charge in [0.1, 0.15) is 5.82 Å². The summed E-state index contributed by atoms with van der Waals surface area (Å²) in [7, 11) is 0. The van der Waals surface area contributed by atoms with Crippen LogP contribution in [0.1, 0.15) is 43.0 Å². The fraction of sp³-hybridized carbons (Fsp3) is 0.615. The van der Waals surface area contributed by atoms with Crippen LogP contribution in [0.15, 0.2) is 0 Å². The summed E-state index contributed by atoms with van der Waals surface area (Å²) < 4.78 is 0. The van der Waals surface area contributed by atoms with Gasteiger partial charge in [0.15, 0.2) is 0 Å². The second-order valence-corrected chi connectivity index (χ2v) is 4.79. The maximum Gasteiger partial charge on any atom is 0.307 e. The lowest BCUT2D eigenvalue weighted by atomic mass is 10.1. The second-order valence-electron chi connectivity index (χ2n) is 4.79. The lowest BCUT2D eigenvalue weighted by molar-refractivity contribution is -0.136. The minimum absolute atomic E-state index is 0.00211. The van der Waals surface area contributed by atoms with E-state index >= 15 is 0 Å². The van der Waals surface area contributed by atoms with Crippen molar-refractivity contribution in [3.8, 4) is 0 Å². The van der Waals surface area contributed by atoms with Gasteiger partial charge in [-0.25, -0.2) is 9.97 Å². The molecule has 0 aliphatic carbocycles. The fourth-order valence-electron chi connectivity index (χ4n) is 1.75. The van der Waals surface area contributed by atoms with Gasteiger partial charge in [-0.3, -0.25) is 4.79 Å². The highest BCUT2D eigenvalue weighted by Gasteiger charge is 2.11. The standard InChI is InChI=1S/C13H20N2O2/c1-8(2)5-6-12-14-9(3)11(7-13(16)17)10(4)15-12/h8H,5-7H2,1-4H3,(H,16,17). The summed E-state index contributed by atoms with van der Waals surface area (Å²) in [4.78, 5) is 19.5. The first-order chi connectivity index (χ1) is 7.90. The molecule has 1 rings (SSSR count). The fourth-order valence-corrected chi connectivity index (χ4v) is 1.75. The number of hydrogen-bond acceptors (Lipinski definition) is 3. The first-order valence-electron chi connectivity index (χ1n) is 5.95. The maximum absolute atomic E-state index is 10.7. The molecule has 4 nitrogen and oxygen atoms in total. The Morgan fingerprint density at radius 1 is 1.24 bits per heavy atom. The number of rotatable bonds is 5. The van der Waals surface area contributed by atoms with Crippen molar-refractivity contribution in [3.63, 3.8) is 0 Å². The monoisotopic (exact) mass is 236 g/mol. The summed E-state index contributed by atoms with van der Waals surface area (Å²) in [5.41, 5.74) is 2.32. The normalized spacial score (nSPS) is 10.9. The molecule has 17 heavy (non-hydrogen) atoms. The van der Waals surface area contributed by atoms with E-state index in [2.05, 4.69) is 23.8 Å². The van der Waals surface area contributed by atoms with Crippen LogP contribution in [0.5, 0.6) is 0 Å². The Morgan fingerprint density at radius 2 is 1.76 bits per heavy atom. The molecule has 0 aromatic carbocycles.